The first-order valence-corrected chi connectivity index (χ1v) is 6.40. The highest BCUT2D eigenvalue weighted by Gasteiger charge is 2.57. The topological polar surface area (TPSA) is 72.9 Å². The van der Waals surface area contributed by atoms with Crippen molar-refractivity contribution in [2.45, 2.75) is 30.8 Å². The largest absolute Gasteiger partial charge is 0.480 e. The number of hydrogen-bond donors (Lipinski definition) is 2. The van der Waals surface area contributed by atoms with Crippen molar-refractivity contribution in [1.29, 1.82) is 0 Å². The summed E-state index contributed by atoms with van der Waals surface area (Å²) in [7, 11) is 3.88. The summed E-state index contributed by atoms with van der Waals surface area (Å²) < 4.78 is 0. The molecule has 2 unspecified atom stereocenters. The van der Waals surface area contributed by atoms with Gasteiger partial charge in [-0.2, -0.15) is 0 Å². The third-order valence-electron chi connectivity index (χ3n) is 3.95. The lowest BCUT2D eigenvalue weighted by atomic mass is 9.88. The fraction of sp³-hybridized carbons (Fsp3) is 0.833. The average molecular weight is 255 g/mol. The Labute approximate surface area is 107 Å². The molecule has 2 saturated heterocycles. The lowest BCUT2D eigenvalue weighted by Crippen LogP contribution is -2.59. The minimum absolute atomic E-state index is 0.0303. The molecule has 1 amide bonds. The van der Waals surface area contributed by atoms with Crippen molar-refractivity contribution in [3.8, 4) is 0 Å². The lowest BCUT2D eigenvalue weighted by molar-refractivity contribution is -0.146. The fourth-order valence-corrected chi connectivity index (χ4v) is 3.01. The Kier molecular flexibility index (Phi) is 3.59. The summed E-state index contributed by atoms with van der Waals surface area (Å²) in [5, 5.41) is 12.7. The van der Waals surface area contributed by atoms with Crippen molar-refractivity contribution in [2.75, 3.05) is 33.7 Å². The van der Waals surface area contributed by atoms with E-state index in [0.717, 1.165) is 19.4 Å². The summed E-state index contributed by atoms with van der Waals surface area (Å²) in [6.45, 7) is 2.04. The minimum Gasteiger partial charge on any atom is -0.480 e. The van der Waals surface area contributed by atoms with E-state index in [4.69, 9.17) is 0 Å². The summed E-state index contributed by atoms with van der Waals surface area (Å²) in [6.07, 6.45) is 1.77. The second kappa shape index (κ2) is 4.85. The number of carbonyl (C=O) groups is 2. The zero-order chi connectivity index (χ0) is 13.3. The molecule has 0 saturated carbocycles. The Morgan fingerprint density at radius 2 is 2.33 bits per heavy atom. The average Bonchev–Trinajstić information content (AvgIpc) is 2.83. The maximum absolute atomic E-state index is 11.9. The van der Waals surface area contributed by atoms with Crippen LogP contribution in [0.3, 0.4) is 0 Å². The van der Waals surface area contributed by atoms with Crippen LogP contribution in [0.15, 0.2) is 0 Å². The number of carboxylic acids is 1. The molecule has 2 aliphatic heterocycles. The van der Waals surface area contributed by atoms with E-state index in [1.165, 1.54) is 0 Å². The van der Waals surface area contributed by atoms with Crippen molar-refractivity contribution < 1.29 is 14.7 Å². The Morgan fingerprint density at radius 3 is 2.94 bits per heavy atom. The summed E-state index contributed by atoms with van der Waals surface area (Å²) in [4.78, 5) is 27.2. The smallest absolute Gasteiger partial charge is 0.326 e. The maximum atomic E-state index is 11.9. The van der Waals surface area contributed by atoms with E-state index in [1.807, 2.05) is 19.0 Å². The number of nitrogens with one attached hydrogen (secondary N) is 1. The molecule has 6 nitrogen and oxygen atoms in total. The van der Waals surface area contributed by atoms with Gasteiger partial charge in [0.15, 0.2) is 0 Å². The van der Waals surface area contributed by atoms with Gasteiger partial charge < -0.3 is 14.9 Å². The number of nitrogens with zero attached hydrogens (tertiary/aromatic N) is 2. The van der Waals surface area contributed by atoms with Gasteiger partial charge in [0.2, 0.25) is 5.91 Å². The van der Waals surface area contributed by atoms with Crippen LogP contribution in [0.5, 0.6) is 0 Å². The first-order chi connectivity index (χ1) is 8.47. The molecular weight excluding hydrogens is 234 g/mol. The summed E-state index contributed by atoms with van der Waals surface area (Å²) >= 11 is 0. The highest BCUT2D eigenvalue weighted by molar-refractivity contribution is 5.93. The first-order valence-electron chi connectivity index (χ1n) is 6.40. The van der Waals surface area contributed by atoms with E-state index < -0.39 is 11.5 Å². The van der Waals surface area contributed by atoms with E-state index in [9.17, 15) is 14.7 Å². The number of likely N-dealkylation sites (N-methyl/N-ethyl adjacent to an activating group) is 1. The van der Waals surface area contributed by atoms with E-state index in [0.29, 0.717) is 13.1 Å². The minimum atomic E-state index is -1.08. The number of carboxylic acid groups (broad SMARTS) is 1. The van der Waals surface area contributed by atoms with Crippen LogP contribution in [0.1, 0.15) is 19.3 Å². The molecule has 2 heterocycles. The summed E-state index contributed by atoms with van der Waals surface area (Å²) in [5.74, 6) is -0.929. The number of carbonyl (C=O) groups excluding carboxylic acids is 1. The second-order valence-corrected chi connectivity index (χ2v) is 5.43. The van der Waals surface area contributed by atoms with Crippen LogP contribution >= 0.6 is 0 Å². The highest BCUT2D eigenvalue weighted by atomic mass is 16.4. The second-order valence-electron chi connectivity index (χ2n) is 5.43. The van der Waals surface area contributed by atoms with Gasteiger partial charge in [-0.25, -0.2) is 0 Å². The standard InChI is InChI=1S/C12H21N3O3/c1-14(2)7-5-13-12(11(17)18)8-10(16)15-6-3-4-9(12)15/h9,13H,3-8H2,1-2H3,(H,17,18). The number of rotatable bonds is 5. The van der Waals surface area contributed by atoms with Crippen LogP contribution < -0.4 is 5.32 Å². The number of fused-ring (bicyclic) bond motifs is 1. The predicted octanol–water partition coefficient (Wildman–Crippen LogP) is -0.644. The Bertz CT molecular complexity index is 358. The summed E-state index contributed by atoms with van der Waals surface area (Å²) in [5.41, 5.74) is -1.08. The molecule has 0 aromatic rings. The molecule has 0 radical (unpaired) electrons. The molecule has 2 aliphatic rings. The van der Waals surface area contributed by atoms with Crippen molar-refractivity contribution in [1.82, 2.24) is 15.1 Å². The van der Waals surface area contributed by atoms with Gasteiger partial charge in [0.25, 0.3) is 0 Å². The van der Waals surface area contributed by atoms with Crippen molar-refractivity contribution in [3.05, 3.63) is 0 Å². The van der Waals surface area contributed by atoms with Gasteiger partial charge in [0.1, 0.15) is 5.54 Å². The molecule has 0 bridgehead atoms. The van der Waals surface area contributed by atoms with Crippen LogP contribution in [0, 0.1) is 0 Å². The Balaban J connectivity index is 2.12. The molecule has 18 heavy (non-hydrogen) atoms. The molecule has 0 aromatic carbocycles. The van der Waals surface area contributed by atoms with Gasteiger partial charge in [-0.3, -0.25) is 14.9 Å². The van der Waals surface area contributed by atoms with Crippen molar-refractivity contribution in [3.63, 3.8) is 0 Å². The zero-order valence-electron chi connectivity index (χ0n) is 11.0. The van der Waals surface area contributed by atoms with Gasteiger partial charge in [0.05, 0.1) is 12.5 Å². The SMILES string of the molecule is CN(C)CCNC1(C(=O)O)CC(=O)N2CCCC21. The third kappa shape index (κ3) is 2.10. The van der Waals surface area contributed by atoms with Gasteiger partial charge >= 0.3 is 5.97 Å². The molecule has 102 valence electrons. The quantitative estimate of drug-likeness (QED) is 0.683. The Hall–Kier alpha value is -1.14. The number of aliphatic carboxylic acids is 1. The first kappa shape index (κ1) is 13.3. The van der Waals surface area contributed by atoms with Gasteiger partial charge in [-0.15, -0.1) is 0 Å². The maximum Gasteiger partial charge on any atom is 0.326 e. The molecule has 2 atom stereocenters. The molecule has 2 rings (SSSR count). The molecule has 2 N–H and O–H groups in total. The van der Waals surface area contributed by atoms with Crippen LogP contribution in [0.2, 0.25) is 0 Å². The van der Waals surface area contributed by atoms with Gasteiger partial charge in [-0.1, -0.05) is 0 Å². The molecule has 0 aromatic heterocycles. The van der Waals surface area contributed by atoms with E-state index in [2.05, 4.69) is 5.32 Å². The van der Waals surface area contributed by atoms with Crippen molar-refractivity contribution in [2.24, 2.45) is 0 Å². The third-order valence-corrected chi connectivity index (χ3v) is 3.95. The highest BCUT2D eigenvalue weighted by Crippen LogP contribution is 2.37. The molecular formula is C12H21N3O3. The van der Waals surface area contributed by atoms with E-state index in [-0.39, 0.29) is 18.4 Å². The van der Waals surface area contributed by atoms with Crippen molar-refractivity contribution >= 4 is 11.9 Å². The fourth-order valence-electron chi connectivity index (χ4n) is 3.01. The van der Waals surface area contributed by atoms with Crippen LogP contribution in [0.4, 0.5) is 0 Å². The lowest BCUT2D eigenvalue weighted by Gasteiger charge is -2.31. The summed E-state index contributed by atoms with van der Waals surface area (Å²) in [6, 6.07) is -0.176. The molecule has 0 spiro atoms. The van der Waals surface area contributed by atoms with Gasteiger partial charge in [-0.05, 0) is 26.9 Å². The van der Waals surface area contributed by atoms with Crippen LogP contribution in [0.25, 0.3) is 0 Å². The number of amides is 1. The van der Waals surface area contributed by atoms with E-state index in [1.54, 1.807) is 4.90 Å². The molecule has 0 aliphatic carbocycles. The normalized spacial score (nSPS) is 31.2. The number of hydrogen-bond acceptors (Lipinski definition) is 4. The van der Waals surface area contributed by atoms with Crippen LogP contribution in [-0.4, -0.2) is 72.1 Å². The van der Waals surface area contributed by atoms with E-state index >= 15 is 0 Å². The molecule has 6 heteroatoms. The van der Waals surface area contributed by atoms with Crippen LogP contribution in [-0.2, 0) is 9.59 Å². The molecule has 2 fully saturated rings. The van der Waals surface area contributed by atoms with Gasteiger partial charge in [0, 0.05) is 19.6 Å². The Morgan fingerprint density at radius 1 is 1.61 bits per heavy atom. The zero-order valence-corrected chi connectivity index (χ0v) is 11.0. The predicted molar refractivity (Wildman–Crippen MR) is 66.3 cm³/mol. The monoisotopic (exact) mass is 255 g/mol.